The van der Waals surface area contributed by atoms with E-state index in [0.717, 1.165) is 12.8 Å². The summed E-state index contributed by atoms with van der Waals surface area (Å²) in [4.78, 5) is 0. The molecule has 0 radical (unpaired) electrons. The Morgan fingerprint density at radius 2 is 1.14 bits per heavy atom. The molecule has 0 fully saturated rings. The normalized spacial score (nSPS) is 14.2. The largest absolute Gasteiger partial charge is 0.313 e. The molecule has 49 heavy (non-hydrogen) atoms. The molecule has 10 rings (SSSR count). The highest BCUT2D eigenvalue weighted by Gasteiger charge is 2.35. The van der Waals surface area contributed by atoms with Crippen molar-refractivity contribution < 1.29 is 0 Å². The van der Waals surface area contributed by atoms with Crippen molar-refractivity contribution in [3.63, 3.8) is 0 Å². The van der Waals surface area contributed by atoms with Crippen molar-refractivity contribution in [1.82, 2.24) is 9.13 Å². The predicted molar refractivity (Wildman–Crippen MR) is 209 cm³/mol. The van der Waals surface area contributed by atoms with Crippen molar-refractivity contribution in [3.8, 4) is 22.5 Å². The van der Waals surface area contributed by atoms with E-state index in [-0.39, 0.29) is 5.41 Å². The Kier molecular flexibility index (Phi) is 6.78. The van der Waals surface area contributed by atoms with Gasteiger partial charge in [0, 0.05) is 44.2 Å². The highest BCUT2D eigenvalue weighted by Crippen LogP contribution is 2.49. The smallest absolute Gasteiger partial charge is 0.0541 e. The maximum atomic E-state index is 2.47. The summed E-state index contributed by atoms with van der Waals surface area (Å²) in [5.41, 5.74) is 17.2. The average molecular weight is 633 g/mol. The van der Waals surface area contributed by atoms with Crippen LogP contribution in [0.25, 0.3) is 66.9 Å². The van der Waals surface area contributed by atoms with Crippen LogP contribution in [0.15, 0.2) is 140 Å². The minimum atomic E-state index is -0.0379. The van der Waals surface area contributed by atoms with Gasteiger partial charge in [0.25, 0.3) is 0 Å². The molecule has 0 aliphatic heterocycles. The Balaban J connectivity index is 0.00000160. The van der Waals surface area contributed by atoms with Gasteiger partial charge in [-0.25, -0.2) is 0 Å². The molecule has 0 atom stereocenters. The number of benzene rings is 6. The van der Waals surface area contributed by atoms with Gasteiger partial charge in [-0.2, -0.15) is 0 Å². The van der Waals surface area contributed by atoms with E-state index in [1.54, 1.807) is 0 Å². The van der Waals surface area contributed by atoms with E-state index in [1.807, 2.05) is 13.8 Å². The monoisotopic (exact) mass is 632 g/mol. The van der Waals surface area contributed by atoms with Gasteiger partial charge in [-0.05, 0) is 101 Å². The van der Waals surface area contributed by atoms with Gasteiger partial charge in [-0.1, -0.05) is 119 Å². The lowest BCUT2D eigenvalue weighted by Crippen LogP contribution is -2.15. The summed E-state index contributed by atoms with van der Waals surface area (Å²) >= 11 is 0. The van der Waals surface area contributed by atoms with Crippen LogP contribution in [-0.2, 0) is 11.8 Å². The molecule has 0 unspecified atom stereocenters. The van der Waals surface area contributed by atoms with Crippen LogP contribution >= 0.6 is 0 Å². The average Bonchev–Trinajstić information content (AvgIpc) is 3.75. The third-order valence-corrected chi connectivity index (χ3v) is 10.8. The number of hydrogen-bond donors (Lipinski definition) is 0. The van der Waals surface area contributed by atoms with Gasteiger partial charge in [0.2, 0.25) is 0 Å². The van der Waals surface area contributed by atoms with Gasteiger partial charge in [0.1, 0.15) is 0 Å². The molecule has 0 saturated carbocycles. The summed E-state index contributed by atoms with van der Waals surface area (Å²) < 4.78 is 4.93. The minimum absolute atomic E-state index is 0.0379. The Morgan fingerprint density at radius 1 is 0.490 bits per heavy atom. The predicted octanol–water partition coefficient (Wildman–Crippen LogP) is 12.5. The zero-order valence-electron chi connectivity index (χ0n) is 28.7. The lowest BCUT2D eigenvalue weighted by molar-refractivity contribution is 0.660. The molecular weight excluding hydrogens is 593 g/mol. The van der Waals surface area contributed by atoms with E-state index in [0.29, 0.717) is 0 Å². The fourth-order valence-corrected chi connectivity index (χ4v) is 8.61. The lowest BCUT2D eigenvalue weighted by atomic mass is 9.82. The van der Waals surface area contributed by atoms with Crippen LogP contribution in [0.3, 0.4) is 0 Å². The fraction of sp³-hybridized carbons (Fsp3) is 0.149. The zero-order chi connectivity index (χ0) is 33.3. The summed E-state index contributed by atoms with van der Waals surface area (Å²) in [6.45, 7) is 8.72. The molecule has 2 aliphatic rings. The quantitative estimate of drug-likeness (QED) is 0.183. The van der Waals surface area contributed by atoms with Gasteiger partial charge in [-0.15, -0.1) is 0 Å². The van der Waals surface area contributed by atoms with Crippen LogP contribution in [0.5, 0.6) is 0 Å². The number of fused-ring (bicyclic) bond motifs is 9. The molecule has 8 aromatic rings. The number of rotatable bonds is 3. The van der Waals surface area contributed by atoms with Crippen molar-refractivity contribution >= 4 is 44.4 Å². The highest BCUT2D eigenvalue weighted by atomic mass is 15.0. The summed E-state index contributed by atoms with van der Waals surface area (Å²) in [5, 5.41) is 3.92. The second kappa shape index (κ2) is 11.2. The molecule has 2 heteroatoms. The van der Waals surface area contributed by atoms with Crippen LogP contribution in [0.2, 0.25) is 0 Å². The molecule has 2 aliphatic carbocycles. The van der Waals surface area contributed by atoms with Crippen molar-refractivity contribution in [2.45, 2.75) is 46.0 Å². The van der Waals surface area contributed by atoms with E-state index in [1.165, 1.54) is 88.7 Å². The minimum Gasteiger partial charge on any atom is -0.313 e. The standard InChI is InChI=1S/C45H34N2.C2H6/c1-45(2)39-17-9-6-14-33(39)34-23-22-32(28-40(34)45)47-42-19-11-8-16-36(42)38-27-30(21-25-44(38)47)29-20-24-43-37(26-29)35-15-7-10-18-41(35)46(43)31-12-4-3-5-13-31;1-2/h3-19,21-23,25-28H,20,24H2,1-2H3;1-2H3. The number of para-hydroxylation sites is 3. The first-order valence-electron chi connectivity index (χ1n) is 17.7. The first-order valence-corrected chi connectivity index (χ1v) is 17.7. The molecule has 0 amide bonds. The molecule has 6 aromatic carbocycles. The number of nitrogens with zero attached hydrogens (tertiary/aromatic N) is 2. The Morgan fingerprint density at radius 3 is 1.96 bits per heavy atom. The topological polar surface area (TPSA) is 9.86 Å². The van der Waals surface area contributed by atoms with Crippen LogP contribution in [0.1, 0.15) is 62.1 Å². The number of allylic oxidation sites excluding steroid dienone is 1. The van der Waals surface area contributed by atoms with E-state index in [9.17, 15) is 0 Å². The molecule has 2 nitrogen and oxygen atoms in total. The van der Waals surface area contributed by atoms with Gasteiger partial charge in [-0.3, -0.25) is 0 Å². The van der Waals surface area contributed by atoms with Crippen molar-refractivity contribution in [2.24, 2.45) is 0 Å². The molecule has 0 bridgehead atoms. The highest BCUT2D eigenvalue weighted by molar-refractivity contribution is 6.11. The molecule has 2 heterocycles. The van der Waals surface area contributed by atoms with Gasteiger partial charge in [0.05, 0.1) is 16.6 Å². The molecule has 2 aromatic heterocycles. The zero-order valence-corrected chi connectivity index (χ0v) is 28.7. The second-order valence-electron chi connectivity index (χ2n) is 13.7. The van der Waals surface area contributed by atoms with Crippen LogP contribution in [0, 0.1) is 0 Å². The lowest BCUT2D eigenvalue weighted by Gasteiger charge is -2.22. The molecular formula is C47H40N2. The molecule has 0 saturated heterocycles. The van der Waals surface area contributed by atoms with Gasteiger partial charge >= 0.3 is 0 Å². The molecule has 0 spiro atoms. The van der Waals surface area contributed by atoms with E-state index >= 15 is 0 Å². The maximum absolute atomic E-state index is 2.47. The first kappa shape index (κ1) is 29.5. The summed E-state index contributed by atoms with van der Waals surface area (Å²) in [7, 11) is 0. The maximum Gasteiger partial charge on any atom is 0.0541 e. The summed E-state index contributed by atoms with van der Waals surface area (Å²) in [6, 6.07) is 51.7. The molecule has 238 valence electrons. The first-order chi connectivity index (χ1) is 24.1. The van der Waals surface area contributed by atoms with Crippen molar-refractivity contribution in [3.05, 3.63) is 167 Å². The van der Waals surface area contributed by atoms with E-state index < -0.39 is 0 Å². The number of hydrogen-bond acceptors (Lipinski definition) is 0. The van der Waals surface area contributed by atoms with Crippen molar-refractivity contribution in [2.75, 3.05) is 0 Å². The number of aromatic nitrogens is 2. The van der Waals surface area contributed by atoms with E-state index in [2.05, 4.69) is 169 Å². The summed E-state index contributed by atoms with van der Waals surface area (Å²) in [5.74, 6) is 0. The Bertz CT molecular complexity index is 2590. The third-order valence-electron chi connectivity index (χ3n) is 10.8. The Labute approximate surface area is 288 Å². The van der Waals surface area contributed by atoms with Gasteiger partial charge in [0.15, 0.2) is 0 Å². The second-order valence-corrected chi connectivity index (χ2v) is 13.7. The van der Waals surface area contributed by atoms with Crippen molar-refractivity contribution in [1.29, 1.82) is 0 Å². The fourth-order valence-electron chi connectivity index (χ4n) is 8.61. The van der Waals surface area contributed by atoms with E-state index in [4.69, 9.17) is 0 Å². The SMILES string of the molecule is CC.CC1(C)c2ccccc2-c2ccc(-n3c4ccccc4c4cc(C5=Cc6c(n(-c7ccccc7)c7ccccc67)CC5)ccc43)cc21. The van der Waals surface area contributed by atoms with Crippen LogP contribution in [0.4, 0.5) is 0 Å². The van der Waals surface area contributed by atoms with Crippen LogP contribution in [-0.4, -0.2) is 9.13 Å². The summed E-state index contributed by atoms with van der Waals surface area (Å²) in [6.07, 6.45) is 4.49. The molecule has 0 N–H and O–H groups in total. The van der Waals surface area contributed by atoms with Crippen LogP contribution < -0.4 is 0 Å². The Hall–Kier alpha value is -5.60. The van der Waals surface area contributed by atoms with Gasteiger partial charge < -0.3 is 9.13 Å². The third kappa shape index (κ3) is 4.33.